The topological polar surface area (TPSA) is 58.6 Å². The molecule has 4 nitrogen and oxygen atoms in total. The zero-order valence-electron chi connectivity index (χ0n) is 24.1. The Kier molecular flexibility index (Phi) is 8.28. The largest absolute Gasteiger partial charge is 1.00 e. The van der Waals surface area contributed by atoms with E-state index in [0.29, 0.717) is 17.9 Å². The molecule has 3 rings (SSSR count). The molecule has 188 valence electrons. The molecule has 0 unspecified atom stereocenters. The first kappa shape index (κ1) is 30.5. The predicted octanol–water partition coefficient (Wildman–Crippen LogP) is 4.71. The minimum Gasteiger partial charge on any atom is -0.736 e. The summed E-state index contributed by atoms with van der Waals surface area (Å²) in [7, 11) is -4.63. The molecular weight excluding hydrogens is 466 g/mol. The first-order chi connectivity index (χ1) is 15.1. The van der Waals surface area contributed by atoms with Crippen molar-refractivity contribution in [2.75, 3.05) is 0 Å². The van der Waals surface area contributed by atoms with Crippen LogP contribution in [0, 0.1) is 0 Å². The van der Waals surface area contributed by atoms with Crippen molar-refractivity contribution in [1.29, 1.82) is 0 Å². The second-order valence-corrected chi connectivity index (χ2v) is 15.1. The molecule has 0 aliphatic carbocycles. The summed E-state index contributed by atoms with van der Waals surface area (Å²) in [6.45, 7) is 26.0. The molecule has 0 atom stereocenters. The molecule has 1 aliphatic heterocycles. The number of hydrogen-bond acceptors (Lipinski definition) is 4. The van der Waals surface area contributed by atoms with Crippen LogP contribution in [0.4, 0.5) is 0 Å². The third-order valence-electron chi connectivity index (χ3n) is 6.43. The first-order valence-corrected chi connectivity index (χ1v) is 13.6. The maximum absolute atomic E-state index is 13.0. The van der Waals surface area contributed by atoms with Crippen LogP contribution in [0.5, 0.6) is 11.5 Å². The van der Waals surface area contributed by atoms with Crippen molar-refractivity contribution in [3.63, 3.8) is 0 Å². The molecule has 35 heavy (non-hydrogen) atoms. The van der Waals surface area contributed by atoms with Crippen molar-refractivity contribution in [2.45, 2.75) is 111 Å². The van der Waals surface area contributed by atoms with Crippen LogP contribution in [0.15, 0.2) is 24.3 Å². The fourth-order valence-corrected chi connectivity index (χ4v) is 5.50. The van der Waals surface area contributed by atoms with Crippen LogP contribution in [0.3, 0.4) is 0 Å². The van der Waals surface area contributed by atoms with Gasteiger partial charge in [0.25, 0.3) is 0 Å². The van der Waals surface area contributed by atoms with Gasteiger partial charge in [-0.2, -0.15) is 0 Å². The minimum absolute atomic E-state index is 0. The summed E-state index contributed by atoms with van der Waals surface area (Å²) in [5.41, 5.74) is 5.74. The van der Waals surface area contributed by atoms with Crippen LogP contribution in [-0.4, -0.2) is 0 Å². The Morgan fingerprint density at radius 1 is 0.600 bits per heavy atom. The molecule has 0 aromatic heterocycles. The van der Waals surface area contributed by atoms with Crippen molar-refractivity contribution in [2.24, 2.45) is 0 Å². The van der Waals surface area contributed by atoms with Gasteiger partial charge >= 0.3 is 37.4 Å². The van der Waals surface area contributed by atoms with E-state index in [1.807, 2.05) is 12.1 Å². The van der Waals surface area contributed by atoms with Crippen LogP contribution < -0.4 is 43.5 Å². The zero-order chi connectivity index (χ0) is 26.1. The van der Waals surface area contributed by atoms with Gasteiger partial charge < -0.3 is 13.9 Å². The van der Waals surface area contributed by atoms with Crippen LogP contribution in [0.2, 0.25) is 0 Å². The molecular formula is C29H42NaO4P. The molecule has 0 radical (unpaired) electrons. The number of hydrogen-bond donors (Lipinski definition) is 0. The van der Waals surface area contributed by atoms with Crippen molar-refractivity contribution in [1.82, 2.24) is 0 Å². The van der Waals surface area contributed by atoms with E-state index in [4.69, 9.17) is 9.05 Å². The Balaban J connectivity index is 0.00000432. The Bertz CT molecular complexity index is 1070. The van der Waals surface area contributed by atoms with Gasteiger partial charge in [0.2, 0.25) is 0 Å². The smallest absolute Gasteiger partial charge is 0.736 e. The molecule has 0 saturated carbocycles. The van der Waals surface area contributed by atoms with E-state index in [-0.39, 0.29) is 51.2 Å². The van der Waals surface area contributed by atoms with E-state index in [0.717, 1.165) is 22.3 Å². The van der Waals surface area contributed by atoms with Gasteiger partial charge in [0, 0.05) is 6.42 Å². The van der Waals surface area contributed by atoms with E-state index in [2.05, 4.69) is 95.2 Å². The number of fused-ring (bicyclic) bond motifs is 2. The van der Waals surface area contributed by atoms with Crippen molar-refractivity contribution in [3.8, 4) is 11.5 Å². The van der Waals surface area contributed by atoms with Gasteiger partial charge in [-0.1, -0.05) is 95.2 Å². The quantitative estimate of drug-likeness (QED) is 0.382. The number of phosphoric acid groups is 1. The normalized spacial score (nSPS) is 16.0. The maximum atomic E-state index is 13.0. The third-order valence-corrected chi connectivity index (χ3v) is 7.28. The Morgan fingerprint density at radius 2 is 0.857 bits per heavy atom. The standard InChI is InChI=1S/C29H43O4P.Na/c1-26(2,3)20-14-18-13-19-15-21(27(4,5)6)23(29(10,11)12)17-25(19)33-34(30,31)32-24(18)16-22(20)28(7,8)9;/h14-17H,13H2,1-12H3,(H,30,31);/q;+1/p-1. The fourth-order valence-electron chi connectivity index (χ4n) is 4.64. The number of rotatable bonds is 0. The molecule has 2 aromatic carbocycles. The average molecular weight is 509 g/mol. The van der Waals surface area contributed by atoms with Gasteiger partial charge in [-0.15, -0.1) is 0 Å². The Hall–Kier alpha value is -0.770. The van der Waals surface area contributed by atoms with E-state index in [9.17, 15) is 9.46 Å². The van der Waals surface area contributed by atoms with Crippen molar-refractivity contribution in [3.05, 3.63) is 57.6 Å². The summed E-state index contributed by atoms with van der Waals surface area (Å²) in [6, 6.07) is 8.09. The monoisotopic (exact) mass is 508 g/mol. The van der Waals surface area contributed by atoms with Gasteiger partial charge in [-0.3, -0.25) is 0 Å². The molecule has 1 aliphatic rings. The van der Waals surface area contributed by atoms with Crippen LogP contribution in [0.1, 0.15) is 116 Å². The molecule has 0 spiro atoms. The molecule has 2 aromatic rings. The summed E-state index contributed by atoms with van der Waals surface area (Å²) in [6.07, 6.45) is 0.533. The van der Waals surface area contributed by atoms with E-state index in [1.54, 1.807) is 0 Å². The third kappa shape index (κ3) is 6.76. The number of benzene rings is 2. The molecule has 1 heterocycles. The SMILES string of the molecule is CC(C)(C)c1cc2c(cc1C(C)(C)C)OP(=O)([O-])Oc1cc(C(C)(C)C)c(C(C)(C)C)cc1C2.[Na+]. The fraction of sp³-hybridized carbons (Fsp3) is 0.586. The van der Waals surface area contributed by atoms with Gasteiger partial charge in [0.1, 0.15) is 11.5 Å². The molecule has 0 N–H and O–H groups in total. The summed E-state index contributed by atoms with van der Waals surface area (Å²) in [5, 5.41) is 0. The van der Waals surface area contributed by atoms with Gasteiger partial charge in [0.05, 0.1) is 0 Å². The second kappa shape index (κ2) is 9.52. The Morgan fingerprint density at radius 3 is 1.11 bits per heavy atom. The first-order valence-electron chi connectivity index (χ1n) is 12.2. The van der Waals surface area contributed by atoms with Crippen LogP contribution >= 0.6 is 7.82 Å². The predicted molar refractivity (Wildman–Crippen MR) is 139 cm³/mol. The van der Waals surface area contributed by atoms with E-state index in [1.165, 1.54) is 11.1 Å². The molecule has 0 fully saturated rings. The minimum atomic E-state index is -4.63. The van der Waals surface area contributed by atoms with E-state index >= 15 is 0 Å². The summed E-state index contributed by atoms with van der Waals surface area (Å²) >= 11 is 0. The van der Waals surface area contributed by atoms with Gasteiger partial charge in [-0.25, -0.2) is 4.57 Å². The summed E-state index contributed by atoms with van der Waals surface area (Å²) in [4.78, 5) is 13.0. The van der Waals surface area contributed by atoms with Crippen molar-refractivity contribution < 1.29 is 48.1 Å². The summed E-state index contributed by atoms with van der Waals surface area (Å²) < 4.78 is 24.2. The van der Waals surface area contributed by atoms with Crippen LogP contribution in [-0.2, 0) is 32.6 Å². The molecule has 0 saturated heterocycles. The van der Waals surface area contributed by atoms with Crippen molar-refractivity contribution >= 4 is 7.82 Å². The Labute approximate surface area is 235 Å². The van der Waals surface area contributed by atoms with Gasteiger partial charge in [-0.05, 0) is 67.2 Å². The average Bonchev–Trinajstić information content (AvgIpc) is 2.58. The van der Waals surface area contributed by atoms with Gasteiger partial charge in [0.15, 0.2) is 0 Å². The zero-order valence-corrected chi connectivity index (χ0v) is 27.0. The summed E-state index contributed by atoms with van der Waals surface area (Å²) in [5.74, 6) is 0.721. The molecule has 0 amide bonds. The van der Waals surface area contributed by atoms with Crippen LogP contribution in [0.25, 0.3) is 0 Å². The number of phosphoric ester groups is 1. The molecule has 0 bridgehead atoms. The molecule has 6 heteroatoms. The second-order valence-electron chi connectivity index (χ2n) is 13.8. The maximum Gasteiger partial charge on any atom is 1.00 e. The van der Waals surface area contributed by atoms with E-state index < -0.39 is 7.82 Å².